The standard InChI is InChI=1S/C27H41N9O4/c28-12-2-1-7-21(25(39)34-20(24(29)38)9-4-13-33-27(30)31)35-26(40)22-10-5-15-36(22)23(37)16-17-6-3-8-19-18(17)11-14-32-19/h3,6,8,11,14,20-22,32H,1-2,4-5,7,9-10,12-13,15-16,28H2,(H2,29,38)(H,34,39)(H,35,40)(H4,30,31,33)/t20?,21?,22-/m0/s1. The summed E-state index contributed by atoms with van der Waals surface area (Å²) in [6.45, 7) is 1.18. The van der Waals surface area contributed by atoms with E-state index in [4.69, 9.17) is 22.9 Å². The van der Waals surface area contributed by atoms with Crippen molar-refractivity contribution in [1.29, 1.82) is 0 Å². The zero-order chi connectivity index (χ0) is 29.1. The number of aromatic nitrogens is 1. The predicted octanol–water partition coefficient (Wildman–Crippen LogP) is -0.661. The van der Waals surface area contributed by atoms with Gasteiger partial charge >= 0.3 is 0 Å². The molecule has 0 bridgehead atoms. The number of fused-ring (bicyclic) bond motifs is 1. The van der Waals surface area contributed by atoms with Crippen molar-refractivity contribution in [1.82, 2.24) is 20.5 Å². The van der Waals surface area contributed by atoms with Gasteiger partial charge in [0.25, 0.3) is 0 Å². The molecule has 1 aliphatic heterocycles. The summed E-state index contributed by atoms with van der Waals surface area (Å²) in [7, 11) is 0. The Hall–Kier alpha value is -4.13. The fraction of sp³-hybridized carbons (Fsp3) is 0.519. The summed E-state index contributed by atoms with van der Waals surface area (Å²) >= 11 is 0. The molecular formula is C27H41N9O4. The Kier molecular flexibility index (Phi) is 11.3. The molecule has 3 rings (SSSR count). The molecule has 2 heterocycles. The first-order valence-electron chi connectivity index (χ1n) is 13.7. The number of aromatic amines is 1. The molecule has 3 atom stereocenters. The number of likely N-dealkylation sites (tertiary alicyclic amines) is 1. The number of benzene rings is 1. The Morgan fingerprint density at radius 2 is 1.80 bits per heavy atom. The highest BCUT2D eigenvalue weighted by Crippen LogP contribution is 2.23. The maximum absolute atomic E-state index is 13.4. The van der Waals surface area contributed by atoms with E-state index in [1.54, 1.807) is 4.90 Å². The average Bonchev–Trinajstić information content (AvgIpc) is 3.60. The molecule has 1 aliphatic rings. The Morgan fingerprint density at radius 3 is 2.52 bits per heavy atom. The van der Waals surface area contributed by atoms with E-state index < -0.39 is 35.8 Å². The van der Waals surface area contributed by atoms with Crippen LogP contribution < -0.4 is 33.6 Å². The van der Waals surface area contributed by atoms with Crippen LogP contribution in [0.1, 0.15) is 50.5 Å². The minimum absolute atomic E-state index is 0.0664. The number of aliphatic imine (C=N–C) groups is 1. The molecule has 0 spiro atoms. The number of hydrogen-bond donors (Lipinski definition) is 7. The van der Waals surface area contributed by atoms with Crippen LogP contribution in [0.25, 0.3) is 10.9 Å². The number of nitrogens with two attached hydrogens (primary N) is 4. The molecule has 218 valence electrons. The maximum Gasteiger partial charge on any atom is 0.243 e. The van der Waals surface area contributed by atoms with E-state index in [0.29, 0.717) is 51.6 Å². The van der Waals surface area contributed by atoms with E-state index >= 15 is 0 Å². The Bertz CT molecular complexity index is 1210. The number of H-pyrrole nitrogens is 1. The van der Waals surface area contributed by atoms with Gasteiger partial charge in [-0.25, -0.2) is 0 Å². The number of amides is 4. The smallest absolute Gasteiger partial charge is 0.243 e. The van der Waals surface area contributed by atoms with Crippen LogP contribution in [0.2, 0.25) is 0 Å². The van der Waals surface area contributed by atoms with E-state index in [-0.39, 0.29) is 31.3 Å². The first-order valence-corrected chi connectivity index (χ1v) is 13.7. The summed E-state index contributed by atoms with van der Waals surface area (Å²) in [5.74, 6) is -1.84. The fourth-order valence-electron chi connectivity index (χ4n) is 5.00. The lowest BCUT2D eigenvalue weighted by molar-refractivity contribution is -0.139. The third-order valence-corrected chi connectivity index (χ3v) is 7.09. The second kappa shape index (κ2) is 14.9. The first kappa shape index (κ1) is 30.4. The molecule has 40 heavy (non-hydrogen) atoms. The van der Waals surface area contributed by atoms with Gasteiger partial charge < -0.3 is 43.5 Å². The summed E-state index contributed by atoms with van der Waals surface area (Å²) in [4.78, 5) is 60.4. The van der Waals surface area contributed by atoms with Crippen molar-refractivity contribution in [3.8, 4) is 0 Å². The summed E-state index contributed by atoms with van der Waals surface area (Å²) in [6, 6.07) is 5.12. The molecular weight excluding hydrogens is 514 g/mol. The lowest BCUT2D eigenvalue weighted by atomic mass is 10.0. The number of primary amides is 1. The van der Waals surface area contributed by atoms with Crippen molar-refractivity contribution < 1.29 is 19.2 Å². The summed E-state index contributed by atoms with van der Waals surface area (Å²) in [6.07, 6.45) is 5.41. The number of nitrogens with one attached hydrogen (secondary N) is 3. The third-order valence-electron chi connectivity index (χ3n) is 7.09. The van der Waals surface area contributed by atoms with Gasteiger partial charge in [-0.1, -0.05) is 12.1 Å². The maximum atomic E-state index is 13.4. The highest BCUT2D eigenvalue weighted by molar-refractivity contribution is 5.95. The molecule has 1 aromatic carbocycles. The zero-order valence-electron chi connectivity index (χ0n) is 22.7. The van der Waals surface area contributed by atoms with Crippen molar-refractivity contribution in [2.24, 2.45) is 27.9 Å². The van der Waals surface area contributed by atoms with Crippen molar-refractivity contribution in [2.75, 3.05) is 19.6 Å². The number of hydrogen-bond acceptors (Lipinski definition) is 6. The molecule has 2 aromatic rings. The monoisotopic (exact) mass is 555 g/mol. The molecule has 1 fully saturated rings. The van der Waals surface area contributed by atoms with Gasteiger partial charge in [-0.3, -0.25) is 24.2 Å². The topological polar surface area (TPSA) is 228 Å². The molecule has 0 radical (unpaired) electrons. The minimum Gasteiger partial charge on any atom is -0.370 e. The summed E-state index contributed by atoms with van der Waals surface area (Å²) in [5, 5.41) is 6.44. The number of carbonyl (C=O) groups excluding carboxylic acids is 4. The Morgan fingerprint density at radius 1 is 1.02 bits per heavy atom. The zero-order valence-corrected chi connectivity index (χ0v) is 22.7. The number of rotatable bonds is 15. The molecule has 13 heteroatoms. The van der Waals surface area contributed by atoms with Crippen LogP contribution in [0.5, 0.6) is 0 Å². The Labute approximate surface area is 233 Å². The van der Waals surface area contributed by atoms with Crippen molar-refractivity contribution in [2.45, 2.75) is 69.5 Å². The SMILES string of the molecule is NCCCCC(NC(=O)[C@@H]1CCCN1C(=O)Cc1cccc2[nH]ccc12)C(=O)NC(CCCN=C(N)N)C(N)=O. The highest BCUT2D eigenvalue weighted by atomic mass is 16.2. The fourth-order valence-corrected chi connectivity index (χ4v) is 5.00. The van der Waals surface area contributed by atoms with Crippen LogP contribution in [-0.4, -0.2) is 77.2 Å². The molecule has 4 amide bonds. The molecule has 11 N–H and O–H groups in total. The van der Waals surface area contributed by atoms with Gasteiger partial charge in [0, 0.05) is 30.2 Å². The molecule has 0 saturated carbocycles. The average molecular weight is 556 g/mol. The van der Waals surface area contributed by atoms with Gasteiger partial charge in [-0.15, -0.1) is 0 Å². The van der Waals surface area contributed by atoms with E-state index in [9.17, 15) is 19.2 Å². The highest BCUT2D eigenvalue weighted by Gasteiger charge is 2.36. The van der Waals surface area contributed by atoms with Crippen LogP contribution >= 0.6 is 0 Å². The van der Waals surface area contributed by atoms with Crippen molar-refractivity contribution >= 4 is 40.5 Å². The third kappa shape index (κ3) is 8.43. The predicted molar refractivity (Wildman–Crippen MR) is 153 cm³/mol. The van der Waals surface area contributed by atoms with Crippen LogP contribution in [-0.2, 0) is 25.6 Å². The number of guanidine groups is 1. The minimum atomic E-state index is -0.948. The quantitative estimate of drug-likeness (QED) is 0.0851. The lowest BCUT2D eigenvalue weighted by Crippen LogP contribution is -2.56. The van der Waals surface area contributed by atoms with E-state index in [1.165, 1.54) is 0 Å². The van der Waals surface area contributed by atoms with Crippen LogP contribution in [0.15, 0.2) is 35.5 Å². The summed E-state index contributed by atoms with van der Waals surface area (Å²) in [5.41, 5.74) is 23.6. The summed E-state index contributed by atoms with van der Waals surface area (Å²) < 4.78 is 0. The normalized spacial score (nSPS) is 16.3. The Balaban J connectivity index is 1.65. The van der Waals surface area contributed by atoms with Crippen molar-refractivity contribution in [3.63, 3.8) is 0 Å². The van der Waals surface area contributed by atoms with Gasteiger partial charge in [0.1, 0.15) is 18.1 Å². The van der Waals surface area contributed by atoms with E-state index in [0.717, 1.165) is 16.5 Å². The van der Waals surface area contributed by atoms with Gasteiger partial charge in [-0.05, 0) is 69.2 Å². The molecule has 13 nitrogen and oxygen atoms in total. The van der Waals surface area contributed by atoms with E-state index in [1.807, 2.05) is 30.5 Å². The molecule has 0 aliphatic carbocycles. The van der Waals surface area contributed by atoms with Gasteiger partial charge in [0.15, 0.2) is 5.96 Å². The number of carbonyl (C=O) groups is 4. The van der Waals surface area contributed by atoms with Gasteiger partial charge in [-0.2, -0.15) is 0 Å². The molecule has 1 aromatic heterocycles. The largest absolute Gasteiger partial charge is 0.370 e. The second-order valence-electron chi connectivity index (χ2n) is 10.0. The molecule has 1 saturated heterocycles. The lowest BCUT2D eigenvalue weighted by Gasteiger charge is -2.27. The number of nitrogens with zero attached hydrogens (tertiary/aromatic N) is 2. The van der Waals surface area contributed by atoms with Crippen molar-refractivity contribution in [3.05, 3.63) is 36.0 Å². The number of unbranched alkanes of at least 4 members (excludes halogenated alkanes) is 1. The first-order chi connectivity index (χ1) is 19.2. The van der Waals surface area contributed by atoms with Crippen LogP contribution in [0, 0.1) is 0 Å². The molecule has 2 unspecified atom stereocenters. The second-order valence-corrected chi connectivity index (χ2v) is 10.0. The van der Waals surface area contributed by atoms with Gasteiger partial charge in [0.2, 0.25) is 23.6 Å². The van der Waals surface area contributed by atoms with Crippen LogP contribution in [0.3, 0.4) is 0 Å². The van der Waals surface area contributed by atoms with E-state index in [2.05, 4.69) is 20.6 Å². The van der Waals surface area contributed by atoms with Crippen LogP contribution in [0.4, 0.5) is 0 Å². The van der Waals surface area contributed by atoms with Gasteiger partial charge in [0.05, 0.1) is 6.42 Å².